The number of aromatic nitrogens is 1. The average molecular weight is 522 g/mol. The summed E-state index contributed by atoms with van der Waals surface area (Å²) in [6, 6.07) is 8.57. The van der Waals surface area contributed by atoms with Crippen LogP contribution in [0, 0.1) is 0 Å². The standard InChI is InChI=1S/C21H17Cl2F4N3O2S/c1-3-28-21-30(17(10-33-21)12-4-7-15(22)16(23)8-12)29-11(2)14-6-5-13(31-19(24)25)9-18(14)32-20(26)27/h4-10,19-20H,3H2,1-2H3/b28-21?,29-11+. The number of ether oxygens (including phenoxy) is 2. The number of alkyl halides is 4. The van der Waals surface area contributed by atoms with Gasteiger partial charge in [-0.05, 0) is 38.1 Å². The van der Waals surface area contributed by atoms with Gasteiger partial charge in [-0.25, -0.2) is 4.68 Å². The molecule has 1 heterocycles. The molecule has 176 valence electrons. The summed E-state index contributed by atoms with van der Waals surface area (Å²) in [5.74, 6) is -0.677. The molecule has 3 rings (SSSR count). The summed E-state index contributed by atoms with van der Waals surface area (Å²) < 4.78 is 61.4. The van der Waals surface area contributed by atoms with Gasteiger partial charge in [0, 0.05) is 29.1 Å². The van der Waals surface area contributed by atoms with Gasteiger partial charge in [0.25, 0.3) is 0 Å². The maximum Gasteiger partial charge on any atom is 0.387 e. The van der Waals surface area contributed by atoms with E-state index in [0.29, 0.717) is 32.6 Å². The maximum absolute atomic E-state index is 13.0. The number of hydrogen-bond donors (Lipinski definition) is 0. The smallest absolute Gasteiger partial charge is 0.387 e. The van der Waals surface area contributed by atoms with Gasteiger partial charge in [0.05, 0.1) is 21.5 Å². The summed E-state index contributed by atoms with van der Waals surface area (Å²) in [7, 11) is 0. The van der Waals surface area contributed by atoms with E-state index in [1.807, 2.05) is 12.3 Å². The fourth-order valence-electron chi connectivity index (χ4n) is 2.87. The van der Waals surface area contributed by atoms with Crippen LogP contribution in [0.2, 0.25) is 10.0 Å². The molecule has 12 heteroatoms. The second-order valence-corrected chi connectivity index (χ2v) is 8.07. The van der Waals surface area contributed by atoms with E-state index in [2.05, 4.69) is 19.6 Å². The number of nitrogens with zero attached hydrogens (tertiary/aromatic N) is 3. The Morgan fingerprint density at radius 1 is 1.03 bits per heavy atom. The fraction of sp³-hybridized carbons (Fsp3) is 0.238. The van der Waals surface area contributed by atoms with Crippen LogP contribution < -0.4 is 14.3 Å². The van der Waals surface area contributed by atoms with Gasteiger partial charge in [-0.15, -0.1) is 11.3 Å². The SMILES string of the molecule is CCN=c1scc(-c2ccc(Cl)c(Cl)c2)n1/N=C(\C)c1ccc(OC(F)F)cc1OC(F)F. The second kappa shape index (κ2) is 11.0. The first-order valence-corrected chi connectivity index (χ1v) is 11.1. The normalized spacial score (nSPS) is 12.7. The Morgan fingerprint density at radius 2 is 1.76 bits per heavy atom. The van der Waals surface area contributed by atoms with Gasteiger partial charge in [-0.1, -0.05) is 29.3 Å². The van der Waals surface area contributed by atoms with Crippen molar-refractivity contribution in [2.45, 2.75) is 27.1 Å². The van der Waals surface area contributed by atoms with Crippen LogP contribution in [0.4, 0.5) is 17.6 Å². The van der Waals surface area contributed by atoms with Crippen molar-refractivity contribution in [1.82, 2.24) is 4.68 Å². The molecule has 1 aromatic heterocycles. The van der Waals surface area contributed by atoms with Crippen molar-refractivity contribution in [3.63, 3.8) is 0 Å². The van der Waals surface area contributed by atoms with Gasteiger partial charge < -0.3 is 9.47 Å². The van der Waals surface area contributed by atoms with E-state index in [4.69, 9.17) is 23.2 Å². The summed E-state index contributed by atoms with van der Waals surface area (Å²) in [5, 5.41) is 7.12. The van der Waals surface area contributed by atoms with Gasteiger partial charge in [0.1, 0.15) is 11.5 Å². The molecule has 3 aromatic rings. The molecule has 0 atom stereocenters. The Morgan fingerprint density at radius 3 is 2.39 bits per heavy atom. The van der Waals surface area contributed by atoms with Crippen molar-refractivity contribution in [3.8, 4) is 22.8 Å². The largest absolute Gasteiger partial charge is 0.435 e. The highest BCUT2D eigenvalue weighted by molar-refractivity contribution is 7.07. The van der Waals surface area contributed by atoms with E-state index in [9.17, 15) is 17.6 Å². The Kier molecular flexibility index (Phi) is 8.39. The molecule has 0 radical (unpaired) electrons. The van der Waals surface area contributed by atoms with Crippen LogP contribution in [0.1, 0.15) is 19.4 Å². The zero-order valence-electron chi connectivity index (χ0n) is 17.2. The molecule has 0 N–H and O–H groups in total. The van der Waals surface area contributed by atoms with E-state index in [1.54, 1.807) is 29.8 Å². The number of hydrogen-bond acceptors (Lipinski definition) is 5. The zero-order chi connectivity index (χ0) is 24.1. The summed E-state index contributed by atoms with van der Waals surface area (Å²) in [5.41, 5.74) is 1.78. The van der Waals surface area contributed by atoms with Crippen LogP contribution in [0.15, 0.2) is 51.9 Å². The lowest BCUT2D eigenvalue weighted by atomic mass is 10.1. The van der Waals surface area contributed by atoms with Crippen LogP contribution in [0.25, 0.3) is 11.3 Å². The van der Waals surface area contributed by atoms with Crippen molar-refractivity contribution >= 4 is 40.3 Å². The molecule has 0 fully saturated rings. The predicted octanol–water partition coefficient (Wildman–Crippen LogP) is 6.92. The molecule has 0 unspecified atom stereocenters. The Labute approximate surface area is 200 Å². The minimum absolute atomic E-state index is 0.165. The van der Waals surface area contributed by atoms with Crippen molar-refractivity contribution < 1.29 is 27.0 Å². The van der Waals surface area contributed by atoms with Gasteiger partial charge in [-0.3, -0.25) is 4.99 Å². The fourth-order valence-corrected chi connectivity index (χ4v) is 4.06. The van der Waals surface area contributed by atoms with Crippen molar-refractivity contribution in [2.24, 2.45) is 10.1 Å². The molecule has 0 saturated heterocycles. The number of halogens is 6. The van der Waals surface area contributed by atoms with Crippen LogP contribution in [0.5, 0.6) is 11.5 Å². The second-order valence-electron chi connectivity index (χ2n) is 6.42. The van der Waals surface area contributed by atoms with Crippen LogP contribution in [0.3, 0.4) is 0 Å². The van der Waals surface area contributed by atoms with E-state index >= 15 is 0 Å². The molecule has 0 aliphatic carbocycles. The third-order valence-electron chi connectivity index (χ3n) is 4.23. The summed E-state index contributed by atoms with van der Waals surface area (Å²) in [4.78, 5) is 4.97. The highest BCUT2D eigenvalue weighted by Crippen LogP contribution is 2.30. The zero-order valence-corrected chi connectivity index (χ0v) is 19.6. The molecule has 5 nitrogen and oxygen atoms in total. The van der Waals surface area contributed by atoms with E-state index < -0.39 is 13.2 Å². The molecule has 0 amide bonds. The van der Waals surface area contributed by atoms with Crippen molar-refractivity contribution in [2.75, 3.05) is 6.54 Å². The van der Waals surface area contributed by atoms with E-state index in [1.165, 1.54) is 23.5 Å². The van der Waals surface area contributed by atoms with Gasteiger partial charge >= 0.3 is 13.2 Å². The first-order valence-electron chi connectivity index (χ1n) is 9.45. The van der Waals surface area contributed by atoms with Gasteiger partial charge in [0.2, 0.25) is 4.80 Å². The van der Waals surface area contributed by atoms with Crippen LogP contribution >= 0.6 is 34.5 Å². The Hall–Kier alpha value is -2.56. The third-order valence-corrected chi connectivity index (χ3v) is 5.82. The van der Waals surface area contributed by atoms with Gasteiger partial charge in [0.15, 0.2) is 0 Å². The minimum Gasteiger partial charge on any atom is -0.435 e. The third kappa shape index (κ3) is 6.27. The molecule has 0 aliphatic heterocycles. The van der Waals surface area contributed by atoms with Crippen molar-refractivity contribution in [3.05, 3.63) is 62.2 Å². The lowest BCUT2D eigenvalue weighted by Crippen LogP contribution is -2.15. The predicted molar refractivity (Wildman–Crippen MR) is 121 cm³/mol. The van der Waals surface area contributed by atoms with Crippen molar-refractivity contribution in [1.29, 1.82) is 0 Å². The topological polar surface area (TPSA) is 48.1 Å². The molecule has 2 aromatic carbocycles. The highest BCUT2D eigenvalue weighted by atomic mass is 35.5. The number of rotatable bonds is 8. The lowest BCUT2D eigenvalue weighted by molar-refractivity contribution is -0.0543. The maximum atomic E-state index is 13.0. The van der Waals surface area contributed by atoms with Crippen LogP contribution in [-0.4, -0.2) is 30.2 Å². The number of thiazole rings is 1. The highest BCUT2D eigenvalue weighted by Gasteiger charge is 2.17. The first-order chi connectivity index (χ1) is 15.7. The van der Waals surface area contributed by atoms with E-state index in [-0.39, 0.29) is 22.8 Å². The van der Waals surface area contributed by atoms with E-state index in [0.717, 1.165) is 6.07 Å². The van der Waals surface area contributed by atoms with Crippen LogP contribution in [-0.2, 0) is 0 Å². The Bertz CT molecular complexity index is 1230. The summed E-state index contributed by atoms with van der Waals surface area (Å²) in [6.07, 6.45) is 0. The molecule has 0 bridgehead atoms. The lowest BCUT2D eigenvalue weighted by Gasteiger charge is -2.13. The summed E-state index contributed by atoms with van der Waals surface area (Å²) in [6.45, 7) is -2.38. The quantitative estimate of drug-likeness (QED) is 0.238. The number of benzene rings is 2. The Balaban J connectivity index is 2.13. The molecule has 0 saturated carbocycles. The molecule has 0 spiro atoms. The molecular weight excluding hydrogens is 505 g/mol. The molecule has 0 aliphatic rings. The first kappa shape index (κ1) is 25.1. The van der Waals surface area contributed by atoms with Gasteiger partial charge in [-0.2, -0.15) is 22.7 Å². The minimum atomic E-state index is -3.18. The average Bonchev–Trinajstić information content (AvgIpc) is 3.12. The monoisotopic (exact) mass is 521 g/mol. The molecular formula is C21H17Cl2F4N3O2S. The summed E-state index contributed by atoms with van der Waals surface area (Å²) >= 11 is 13.5. The molecule has 33 heavy (non-hydrogen) atoms.